The molecule has 0 bridgehead atoms. The number of nitrogens with zero attached hydrogens (tertiary/aromatic N) is 2. The van der Waals surface area contributed by atoms with Gasteiger partial charge in [-0.1, -0.05) is 0 Å². The van der Waals surface area contributed by atoms with Crippen molar-refractivity contribution in [3.63, 3.8) is 0 Å². The molecule has 1 atom stereocenters. The number of hydrogen-bond acceptors (Lipinski definition) is 4. The molecule has 3 heterocycles. The van der Waals surface area contributed by atoms with E-state index in [1.54, 1.807) is 12.3 Å². The third-order valence-corrected chi connectivity index (χ3v) is 4.86. The van der Waals surface area contributed by atoms with Crippen LogP contribution in [0.5, 0.6) is 0 Å². The summed E-state index contributed by atoms with van der Waals surface area (Å²) in [7, 11) is 0. The fourth-order valence-corrected chi connectivity index (χ4v) is 3.49. The largest absolute Gasteiger partial charge is 0.469 e. The number of likely N-dealkylation sites (tertiary alicyclic amines) is 1. The zero-order chi connectivity index (χ0) is 15.4. The predicted molar refractivity (Wildman–Crippen MR) is 84.0 cm³/mol. The molecule has 2 fully saturated rings. The lowest BCUT2D eigenvalue weighted by Crippen LogP contribution is -2.46. The molecule has 122 valence electrons. The number of amides is 1. The summed E-state index contributed by atoms with van der Waals surface area (Å²) in [5, 5.41) is 0. The Kier molecular flexibility index (Phi) is 5.16. The molecule has 22 heavy (non-hydrogen) atoms. The summed E-state index contributed by atoms with van der Waals surface area (Å²) >= 11 is 0. The molecule has 0 aromatic carbocycles. The van der Waals surface area contributed by atoms with E-state index in [0.717, 1.165) is 70.0 Å². The molecule has 0 radical (unpaired) electrons. The Balaban J connectivity index is 1.61. The van der Waals surface area contributed by atoms with Gasteiger partial charge in [0.1, 0.15) is 5.76 Å². The lowest BCUT2D eigenvalue weighted by molar-refractivity contribution is 0.0295. The van der Waals surface area contributed by atoms with Crippen molar-refractivity contribution in [3.8, 4) is 0 Å². The monoisotopic (exact) mass is 306 g/mol. The van der Waals surface area contributed by atoms with Crippen LogP contribution in [-0.4, -0.2) is 61.1 Å². The molecule has 1 aromatic heterocycles. The Labute approximate surface area is 132 Å². The van der Waals surface area contributed by atoms with E-state index < -0.39 is 0 Å². The normalized spacial score (nSPS) is 23.7. The van der Waals surface area contributed by atoms with Crippen molar-refractivity contribution in [1.29, 1.82) is 0 Å². The van der Waals surface area contributed by atoms with Gasteiger partial charge in [0.25, 0.3) is 5.91 Å². The first kappa shape index (κ1) is 15.6. The zero-order valence-corrected chi connectivity index (χ0v) is 13.4. The summed E-state index contributed by atoms with van der Waals surface area (Å²) in [5.74, 6) is 0.862. The molecule has 1 unspecified atom stereocenters. The second kappa shape index (κ2) is 7.29. The summed E-state index contributed by atoms with van der Waals surface area (Å²) in [5.41, 5.74) is 0.721. The molecule has 2 saturated heterocycles. The molecule has 2 aliphatic heterocycles. The smallest absolute Gasteiger partial charge is 0.257 e. The number of morpholine rings is 1. The van der Waals surface area contributed by atoms with E-state index in [4.69, 9.17) is 9.15 Å². The van der Waals surface area contributed by atoms with Crippen molar-refractivity contribution in [2.45, 2.75) is 38.6 Å². The maximum Gasteiger partial charge on any atom is 0.257 e. The van der Waals surface area contributed by atoms with Crippen molar-refractivity contribution >= 4 is 5.91 Å². The number of ether oxygens (including phenoxy) is 1. The van der Waals surface area contributed by atoms with Crippen LogP contribution < -0.4 is 0 Å². The number of aryl methyl sites for hydroxylation is 1. The number of carbonyl (C=O) groups excluding carboxylic acids is 1. The lowest BCUT2D eigenvalue weighted by atomic mass is 9.98. The minimum Gasteiger partial charge on any atom is -0.469 e. The molecular formula is C17H26N2O3. The van der Waals surface area contributed by atoms with Gasteiger partial charge in [-0.25, -0.2) is 0 Å². The maximum atomic E-state index is 12.8. The Morgan fingerprint density at radius 3 is 2.82 bits per heavy atom. The first-order valence-electron chi connectivity index (χ1n) is 8.41. The van der Waals surface area contributed by atoms with Crippen LogP contribution in [0.15, 0.2) is 16.7 Å². The minimum absolute atomic E-state index is 0.137. The van der Waals surface area contributed by atoms with Gasteiger partial charge >= 0.3 is 0 Å². The van der Waals surface area contributed by atoms with Crippen LogP contribution in [0.2, 0.25) is 0 Å². The highest BCUT2D eigenvalue weighted by Gasteiger charge is 2.29. The third-order valence-electron chi connectivity index (χ3n) is 4.86. The van der Waals surface area contributed by atoms with Crippen LogP contribution in [0.25, 0.3) is 0 Å². The SMILES string of the molecule is Cc1occc1C(=O)N1CCCCC1CCN1CCOCC1. The van der Waals surface area contributed by atoms with Crippen LogP contribution in [0.1, 0.15) is 41.8 Å². The van der Waals surface area contributed by atoms with Crippen LogP contribution in [0.4, 0.5) is 0 Å². The highest BCUT2D eigenvalue weighted by molar-refractivity contribution is 5.95. The first-order chi connectivity index (χ1) is 10.8. The highest BCUT2D eigenvalue weighted by Crippen LogP contribution is 2.24. The molecule has 3 rings (SSSR count). The number of furan rings is 1. The summed E-state index contributed by atoms with van der Waals surface area (Å²) in [4.78, 5) is 17.3. The molecule has 0 saturated carbocycles. The van der Waals surface area contributed by atoms with E-state index in [1.807, 2.05) is 6.92 Å². The Morgan fingerprint density at radius 1 is 1.27 bits per heavy atom. The van der Waals surface area contributed by atoms with E-state index in [1.165, 1.54) is 6.42 Å². The van der Waals surface area contributed by atoms with Crippen molar-refractivity contribution in [1.82, 2.24) is 9.80 Å². The van der Waals surface area contributed by atoms with Gasteiger partial charge in [-0.2, -0.15) is 0 Å². The highest BCUT2D eigenvalue weighted by atomic mass is 16.5. The number of piperidine rings is 1. The predicted octanol–water partition coefficient (Wildman–Crippen LogP) is 2.31. The van der Waals surface area contributed by atoms with Crippen LogP contribution in [0, 0.1) is 6.92 Å². The summed E-state index contributed by atoms with van der Waals surface area (Å²) in [6.07, 6.45) is 6.11. The zero-order valence-electron chi connectivity index (χ0n) is 13.4. The Hall–Kier alpha value is -1.33. The van der Waals surface area contributed by atoms with Gasteiger partial charge in [-0.3, -0.25) is 9.69 Å². The van der Waals surface area contributed by atoms with Crippen molar-refractivity contribution in [3.05, 3.63) is 23.7 Å². The van der Waals surface area contributed by atoms with Gasteiger partial charge in [-0.15, -0.1) is 0 Å². The van der Waals surface area contributed by atoms with Crippen LogP contribution in [0.3, 0.4) is 0 Å². The minimum atomic E-state index is 0.137. The maximum absolute atomic E-state index is 12.8. The van der Waals surface area contributed by atoms with Gasteiger partial charge < -0.3 is 14.1 Å². The van der Waals surface area contributed by atoms with Gasteiger partial charge in [0, 0.05) is 32.2 Å². The van der Waals surface area contributed by atoms with E-state index in [2.05, 4.69) is 9.80 Å². The summed E-state index contributed by atoms with van der Waals surface area (Å²) in [6.45, 7) is 7.49. The Bertz CT molecular complexity index is 494. The number of carbonyl (C=O) groups is 1. The van der Waals surface area contributed by atoms with E-state index in [9.17, 15) is 4.79 Å². The summed E-state index contributed by atoms with van der Waals surface area (Å²) in [6, 6.07) is 2.16. The van der Waals surface area contributed by atoms with Crippen LogP contribution in [-0.2, 0) is 4.74 Å². The molecule has 0 spiro atoms. The van der Waals surface area contributed by atoms with E-state index in [-0.39, 0.29) is 5.91 Å². The fraction of sp³-hybridized carbons (Fsp3) is 0.706. The lowest BCUT2D eigenvalue weighted by Gasteiger charge is -2.37. The molecule has 1 aromatic rings. The second-order valence-corrected chi connectivity index (χ2v) is 6.28. The molecule has 5 nitrogen and oxygen atoms in total. The standard InChI is InChI=1S/C17H26N2O3/c1-14-16(6-11-22-14)17(20)19-7-3-2-4-15(19)5-8-18-9-12-21-13-10-18/h6,11,15H,2-5,7-10,12-13H2,1H3. The fourth-order valence-electron chi connectivity index (χ4n) is 3.49. The molecule has 0 aliphatic carbocycles. The van der Waals surface area contributed by atoms with Gasteiger partial charge in [0.05, 0.1) is 25.0 Å². The molecule has 0 N–H and O–H groups in total. The average molecular weight is 306 g/mol. The first-order valence-corrected chi connectivity index (χ1v) is 8.41. The van der Waals surface area contributed by atoms with Crippen molar-refractivity contribution in [2.75, 3.05) is 39.4 Å². The van der Waals surface area contributed by atoms with Crippen molar-refractivity contribution in [2.24, 2.45) is 0 Å². The number of rotatable bonds is 4. The van der Waals surface area contributed by atoms with E-state index >= 15 is 0 Å². The Morgan fingerprint density at radius 2 is 2.09 bits per heavy atom. The summed E-state index contributed by atoms with van der Waals surface area (Å²) < 4.78 is 10.7. The molecule has 2 aliphatic rings. The molecular weight excluding hydrogens is 280 g/mol. The van der Waals surface area contributed by atoms with Gasteiger partial charge in [-0.05, 0) is 38.7 Å². The van der Waals surface area contributed by atoms with Gasteiger partial charge in [0.2, 0.25) is 0 Å². The molecule has 5 heteroatoms. The topological polar surface area (TPSA) is 45.9 Å². The quantitative estimate of drug-likeness (QED) is 0.856. The third kappa shape index (κ3) is 3.52. The van der Waals surface area contributed by atoms with Crippen molar-refractivity contribution < 1.29 is 13.9 Å². The van der Waals surface area contributed by atoms with Gasteiger partial charge in [0.15, 0.2) is 0 Å². The van der Waals surface area contributed by atoms with Crippen LogP contribution >= 0.6 is 0 Å². The van der Waals surface area contributed by atoms with E-state index in [0.29, 0.717) is 6.04 Å². The second-order valence-electron chi connectivity index (χ2n) is 6.28. The molecule has 1 amide bonds. The average Bonchev–Trinajstić information content (AvgIpc) is 2.99. The number of hydrogen-bond donors (Lipinski definition) is 0.